The highest BCUT2D eigenvalue weighted by molar-refractivity contribution is 7.17. The van der Waals surface area contributed by atoms with Crippen molar-refractivity contribution in [2.24, 2.45) is 11.7 Å². The van der Waals surface area contributed by atoms with E-state index in [4.69, 9.17) is 5.73 Å². The Morgan fingerprint density at radius 1 is 1.10 bits per heavy atom. The predicted molar refractivity (Wildman–Crippen MR) is 121 cm³/mol. The molecule has 3 rings (SSSR count). The van der Waals surface area contributed by atoms with Gasteiger partial charge in [0.1, 0.15) is 5.00 Å². The standard InChI is InChI=1S/C23H25N3O4S/c1-12-4-9-17-18(10-12)31-23(20(17)21(24)29)26-22(30)13(2)11-19(28)25-16-7-5-15(6-8-16)14(3)27/h5-8,11-12H,4,9-10H2,1-3H3,(H2,24,29)(H,25,28)(H,26,30)/b13-11+. The van der Waals surface area contributed by atoms with Gasteiger partial charge in [-0.05, 0) is 68.9 Å². The number of primary amides is 1. The number of ketones is 1. The van der Waals surface area contributed by atoms with E-state index < -0.39 is 17.7 Å². The molecule has 1 aromatic carbocycles. The predicted octanol–water partition coefficient (Wildman–Crippen LogP) is 3.70. The van der Waals surface area contributed by atoms with E-state index in [1.165, 1.54) is 31.3 Å². The van der Waals surface area contributed by atoms with Gasteiger partial charge in [-0.1, -0.05) is 6.92 Å². The third-order valence-corrected chi connectivity index (χ3v) is 6.42. The number of hydrogen-bond donors (Lipinski definition) is 3. The Labute approximate surface area is 184 Å². The van der Waals surface area contributed by atoms with Crippen LogP contribution in [0.15, 0.2) is 35.9 Å². The van der Waals surface area contributed by atoms with Crippen molar-refractivity contribution in [3.63, 3.8) is 0 Å². The smallest absolute Gasteiger partial charge is 0.252 e. The van der Waals surface area contributed by atoms with E-state index in [9.17, 15) is 19.2 Å². The number of rotatable bonds is 6. The Bertz CT molecular complexity index is 1080. The van der Waals surface area contributed by atoms with Crippen LogP contribution in [0.25, 0.3) is 0 Å². The van der Waals surface area contributed by atoms with Gasteiger partial charge in [0.2, 0.25) is 5.91 Å². The number of hydrogen-bond acceptors (Lipinski definition) is 5. The Hall–Kier alpha value is -3.26. The van der Waals surface area contributed by atoms with E-state index in [0.717, 1.165) is 29.7 Å². The van der Waals surface area contributed by atoms with E-state index in [2.05, 4.69) is 17.6 Å². The van der Waals surface area contributed by atoms with Gasteiger partial charge < -0.3 is 16.4 Å². The summed E-state index contributed by atoms with van der Waals surface area (Å²) in [5, 5.41) is 5.83. The highest BCUT2D eigenvalue weighted by Gasteiger charge is 2.27. The number of nitrogens with one attached hydrogen (secondary N) is 2. The van der Waals surface area contributed by atoms with Crippen LogP contribution in [0.3, 0.4) is 0 Å². The van der Waals surface area contributed by atoms with Crippen LogP contribution in [0.2, 0.25) is 0 Å². The summed E-state index contributed by atoms with van der Waals surface area (Å²) in [4.78, 5) is 49.3. The zero-order valence-corrected chi connectivity index (χ0v) is 18.5. The lowest BCUT2D eigenvalue weighted by atomic mass is 9.88. The molecule has 1 aromatic heterocycles. The SMILES string of the molecule is CC(=O)c1ccc(NC(=O)/C=C(\C)C(=O)Nc2sc3c(c2C(N)=O)CCC(C)C3)cc1. The van der Waals surface area contributed by atoms with Gasteiger partial charge in [-0.3, -0.25) is 19.2 Å². The second-order valence-electron chi connectivity index (χ2n) is 7.82. The molecule has 0 radical (unpaired) electrons. The first-order valence-electron chi connectivity index (χ1n) is 10.0. The third kappa shape index (κ3) is 5.27. The fourth-order valence-corrected chi connectivity index (χ4v) is 4.94. The van der Waals surface area contributed by atoms with E-state index in [0.29, 0.717) is 27.7 Å². The van der Waals surface area contributed by atoms with Crippen molar-refractivity contribution < 1.29 is 19.2 Å². The molecule has 8 heteroatoms. The highest BCUT2D eigenvalue weighted by atomic mass is 32.1. The third-order valence-electron chi connectivity index (χ3n) is 5.25. The number of carbonyl (C=O) groups excluding carboxylic acids is 4. The lowest BCUT2D eigenvalue weighted by molar-refractivity contribution is -0.114. The largest absolute Gasteiger partial charge is 0.365 e. The highest BCUT2D eigenvalue weighted by Crippen LogP contribution is 2.39. The molecule has 0 fully saturated rings. The van der Waals surface area contributed by atoms with Crippen molar-refractivity contribution in [1.82, 2.24) is 0 Å². The molecule has 31 heavy (non-hydrogen) atoms. The second kappa shape index (κ2) is 9.26. The molecule has 0 saturated carbocycles. The van der Waals surface area contributed by atoms with Crippen molar-refractivity contribution in [2.75, 3.05) is 10.6 Å². The average molecular weight is 440 g/mol. The Morgan fingerprint density at radius 2 is 1.77 bits per heavy atom. The lowest BCUT2D eigenvalue weighted by Crippen LogP contribution is -2.20. The van der Waals surface area contributed by atoms with Crippen LogP contribution in [0.4, 0.5) is 10.7 Å². The molecule has 1 atom stereocenters. The number of fused-ring (bicyclic) bond motifs is 1. The second-order valence-corrected chi connectivity index (χ2v) is 8.93. The van der Waals surface area contributed by atoms with E-state index in [-0.39, 0.29) is 11.4 Å². The molecule has 0 spiro atoms. The van der Waals surface area contributed by atoms with Crippen LogP contribution in [-0.4, -0.2) is 23.5 Å². The van der Waals surface area contributed by atoms with Crippen molar-refractivity contribution in [2.45, 2.75) is 40.0 Å². The van der Waals surface area contributed by atoms with Gasteiger partial charge in [0.15, 0.2) is 5.78 Å². The number of anilines is 2. The molecule has 0 bridgehead atoms. The summed E-state index contributed by atoms with van der Waals surface area (Å²) in [6, 6.07) is 6.47. The lowest BCUT2D eigenvalue weighted by Gasteiger charge is -2.18. The van der Waals surface area contributed by atoms with Gasteiger partial charge in [-0.15, -0.1) is 11.3 Å². The van der Waals surface area contributed by atoms with Crippen LogP contribution in [-0.2, 0) is 22.4 Å². The molecule has 0 saturated heterocycles. The van der Waals surface area contributed by atoms with Gasteiger partial charge in [-0.2, -0.15) is 0 Å². The van der Waals surface area contributed by atoms with Crippen molar-refractivity contribution in [3.05, 3.63) is 57.5 Å². The minimum Gasteiger partial charge on any atom is -0.365 e. The van der Waals surface area contributed by atoms with E-state index in [1.54, 1.807) is 24.3 Å². The monoisotopic (exact) mass is 439 g/mol. The summed E-state index contributed by atoms with van der Waals surface area (Å²) in [5.74, 6) is -1.06. The number of thiophene rings is 1. The van der Waals surface area contributed by atoms with Gasteiger partial charge >= 0.3 is 0 Å². The maximum Gasteiger partial charge on any atom is 0.252 e. The Morgan fingerprint density at radius 3 is 2.39 bits per heavy atom. The first-order chi connectivity index (χ1) is 14.7. The van der Waals surface area contributed by atoms with Crippen molar-refractivity contribution in [3.8, 4) is 0 Å². The molecular formula is C23H25N3O4S. The quantitative estimate of drug-likeness (QED) is 0.470. The van der Waals surface area contributed by atoms with E-state index >= 15 is 0 Å². The Kier molecular flexibility index (Phi) is 6.70. The molecule has 1 aliphatic carbocycles. The number of Topliss-reactive ketones (excluding diaryl/α,β-unsaturated/α-hetero) is 1. The molecule has 3 amide bonds. The van der Waals surface area contributed by atoms with Crippen LogP contribution in [0, 0.1) is 5.92 Å². The molecule has 2 aromatic rings. The topological polar surface area (TPSA) is 118 Å². The van der Waals surface area contributed by atoms with Crippen LogP contribution >= 0.6 is 11.3 Å². The maximum atomic E-state index is 12.6. The van der Waals surface area contributed by atoms with Crippen LogP contribution in [0.1, 0.15) is 58.3 Å². The minimum atomic E-state index is -0.560. The van der Waals surface area contributed by atoms with Gasteiger partial charge in [-0.25, -0.2) is 0 Å². The average Bonchev–Trinajstić information content (AvgIpc) is 3.05. The van der Waals surface area contributed by atoms with Crippen molar-refractivity contribution in [1.29, 1.82) is 0 Å². The normalized spacial score (nSPS) is 15.7. The first-order valence-corrected chi connectivity index (χ1v) is 10.8. The molecule has 7 nitrogen and oxygen atoms in total. The number of amides is 3. The van der Waals surface area contributed by atoms with Gasteiger partial charge in [0, 0.05) is 27.8 Å². The van der Waals surface area contributed by atoms with Crippen molar-refractivity contribution >= 4 is 45.5 Å². The summed E-state index contributed by atoms with van der Waals surface area (Å²) < 4.78 is 0. The molecule has 1 unspecified atom stereocenters. The molecule has 4 N–H and O–H groups in total. The fraction of sp³-hybridized carbons (Fsp3) is 0.304. The van der Waals surface area contributed by atoms with E-state index in [1.807, 2.05) is 0 Å². The van der Waals surface area contributed by atoms with Gasteiger partial charge in [0.05, 0.1) is 5.56 Å². The zero-order chi connectivity index (χ0) is 22.7. The maximum absolute atomic E-state index is 12.6. The van der Waals surface area contributed by atoms with Crippen LogP contribution < -0.4 is 16.4 Å². The summed E-state index contributed by atoms with van der Waals surface area (Å²) in [6.07, 6.45) is 3.79. The molecule has 1 heterocycles. The van der Waals surface area contributed by atoms with Crippen LogP contribution in [0.5, 0.6) is 0 Å². The summed E-state index contributed by atoms with van der Waals surface area (Å²) in [5.41, 5.74) is 8.13. The van der Waals surface area contributed by atoms with Gasteiger partial charge in [0.25, 0.3) is 11.8 Å². The molecule has 162 valence electrons. The Balaban J connectivity index is 1.71. The zero-order valence-electron chi connectivity index (χ0n) is 17.7. The minimum absolute atomic E-state index is 0.0645. The summed E-state index contributed by atoms with van der Waals surface area (Å²) >= 11 is 1.38. The molecule has 1 aliphatic rings. The summed E-state index contributed by atoms with van der Waals surface area (Å²) in [6.45, 7) is 5.14. The fourth-order valence-electron chi connectivity index (χ4n) is 3.53. The molecular weight excluding hydrogens is 414 g/mol. The number of benzene rings is 1. The number of nitrogens with two attached hydrogens (primary N) is 1. The number of carbonyl (C=O) groups is 4. The first kappa shape index (κ1) is 22.4. The summed E-state index contributed by atoms with van der Waals surface area (Å²) in [7, 11) is 0. The molecule has 0 aliphatic heterocycles.